The third kappa shape index (κ3) is 3.40. The van der Waals surface area contributed by atoms with Gasteiger partial charge < -0.3 is 10.4 Å². The third-order valence-electron chi connectivity index (χ3n) is 2.47. The number of aromatic nitrogens is 1. The molecule has 0 saturated carbocycles. The summed E-state index contributed by atoms with van der Waals surface area (Å²) >= 11 is 0. The number of rotatable bonds is 5. The Hall–Kier alpha value is -2.18. The number of carboxylic acid groups (broad SMARTS) is 1. The maximum absolute atomic E-state index is 10.7. The Bertz CT molecular complexity index is 435. The molecule has 0 saturated heterocycles. The number of anilines is 1. The number of aliphatic carboxylic acids is 1. The van der Waals surface area contributed by atoms with Gasteiger partial charge in [0.1, 0.15) is 5.82 Å². The molecule has 0 bridgehead atoms. The summed E-state index contributed by atoms with van der Waals surface area (Å²) in [5.41, 5.74) is -0.0855. The van der Waals surface area contributed by atoms with E-state index in [1.165, 1.54) is 18.3 Å². The van der Waals surface area contributed by atoms with Gasteiger partial charge in [-0.05, 0) is 13.8 Å². The van der Waals surface area contributed by atoms with E-state index in [1.54, 1.807) is 13.8 Å². The molecule has 0 spiro atoms. The van der Waals surface area contributed by atoms with E-state index in [2.05, 4.69) is 10.3 Å². The van der Waals surface area contributed by atoms with Crippen LogP contribution in [0.4, 0.5) is 11.5 Å². The summed E-state index contributed by atoms with van der Waals surface area (Å²) in [6.07, 6.45) is 1.30. The van der Waals surface area contributed by atoms with Crippen molar-refractivity contribution in [2.75, 3.05) is 5.32 Å². The van der Waals surface area contributed by atoms with Gasteiger partial charge in [-0.3, -0.25) is 14.9 Å². The average molecular weight is 239 g/mol. The van der Waals surface area contributed by atoms with Crippen molar-refractivity contribution >= 4 is 17.5 Å². The van der Waals surface area contributed by atoms with Crippen molar-refractivity contribution in [3.8, 4) is 0 Å². The minimum atomic E-state index is -0.935. The Morgan fingerprint density at radius 2 is 2.24 bits per heavy atom. The Balaban J connectivity index is 2.78. The summed E-state index contributed by atoms with van der Waals surface area (Å²) in [4.78, 5) is 24.6. The molecule has 0 aliphatic carbocycles. The van der Waals surface area contributed by atoms with E-state index in [1.807, 2.05) is 0 Å². The van der Waals surface area contributed by atoms with E-state index >= 15 is 0 Å². The number of nitro groups is 1. The fourth-order valence-electron chi connectivity index (χ4n) is 1.18. The van der Waals surface area contributed by atoms with Crippen molar-refractivity contribution in [1.82, 2.24) is 4.98 Å². The molecule has 7 nitrogen and oxygen atoms in total. The quantitative estimate of drug-likeness (QED) is 0.596. The molecule has 2 atom stereocenters. The first-order valence-corrected chi connectivity index (χ1v) is 5.01. The number of pyridine rings is 1. The molecule has 0 aromatic carbocycles. The van der Waals surface area contributed by atoms with Crippen LogP contribution in [0.3, 0.4) is 0 Å². The predicted octanol–water partition coefficient (Wildman–Crippen LogP) is 1.51. The van der Waals surface area contributed by atoms with Crippen LogP contribution in [0.1, 0.15) is 13.8 Å². The first-order chi connectivity index (χ1) is 7.91. The highest BCUT2D eigenvalue weighted by Crippen LogP contribution is 2.16. The summed E-state index contributed by atoms with van der Waals surface area (Å²) in [5, 5.41) is 22.2. The van der Waals surface area contributed by atoms with Crippen LogP contribution in [0.5, 0.6) is 0 Å². The van der Waals surface area contributed by atoms with Gasteiger partial charge >= 0.3 is 5.97 Å². The highest BCUT2D eigenvalue weighted by atomic mass is 16.6. The fraction of sp³-hybridized carbons (Fsp3) is 0.400. The fourth-order valence-corrected chi connectivity index (χ4v) is 1.18. The van der Waals surface area contributed by atoms with Crippen molar-refractivity contribution in [2.45, 2.75) is 19.9 Å². The zero-order valence-electron chi connectivity index (χ0n) is 9.45. The number of carbonyl (C=O) groups is 1. The molecule has 0 aliphatic heterocycles. The Labute approximate surface area is 97.6 Å². The third-order valence-corrected chi connectivity index (χ3v) is 2.47. The van der Waals surface area contributed by atoms with Crippen LogP contribution in [0.15, 0.2) is 18.3 Å². The second-order valence-electron chi connectivity index (χ2n) is 3.72. The normalized spacial score (nSPS) is 13.8. The SMILES string of the molecule is CC(Nc1cc([N+](=O)[O-])ccn1)C(C)C(=O)O. The summed E-state index contributed by atoms with van der Waals surface area (Å²) in [6.45, 7) is 3.23. The van der Waals surface area contributed by atoms with Crippen LogP contribution in [0.2, 0.25) is 0 Å². The second kappa shape index (κ2) is 5.24. The van der Waals surface area contributed by atoms with Crippen molar-refractivity contribution < 1.29 is 14.8 Å². The van der Waals surface area contributed by atoms with Crippen molar-refractivity contribution in [3.05, 3.63) is 28.4 Å². The monoisotopic (exact) mass is 239 g/mol. The first-order valence-electron chi connectivity index (χ1n) is 5.01. The highest BCUT2D eigenvalue weighted by Gasteiger charge is 2.20. The van der Waals surface area contributed by atoms with Crippen LogP contribution < -0.4 is 5.32 Å². The lowest BCUT2D eigenvalue weighted by Gasteiger charge is -2.17. The lowest BCUT2D eigenvalue weighted by Crippen LogP contribution is -2.30. The molecular weight excluding hydrogens is 226 g/mol. The van der Waals surface area contributed by atoms with Gasteiger partial charge in [0.15, 0.2) is 0 Å². The summed E-state index contributed by atoms with van der Waals surface area (Å²) in [7, 11) is 0. The van der Waals surface area contributed by atoms with Gasteiger partial charge in [0, 0.05) is 18.3 Å². The van der Waals surface area contributed by atoms with Crippen LogP contribution in [0.25, 0.3) is 0 Å². The number of hydrogen-bond donors (Lipinski definition) is 2. The van der Waals surface area contributed by atoms with E-state index in [4.69, 9.17) is 5.11 Å². The maximum Gasteiger partial charge on any atom is 0.308 e. The molecule has 7 heteroatoms. The Kier molecular flexibility index (Phi) is 3.97. The second-order valence-corrected chi connectivity index (χ2v) is 3.72. The zero-order valence-corrected chi connectivity index (χ0v) is 9.45. The molecule has 92 valence electrons. The molecule has 0 aliphatic rings. The van der Waals surface area contributed by atoms with Gasteiger partial charge in [0.2, 0.25) is 0 Å². The first kappa shape index (κ1) is 12.9. The zero-order chi connectivity index (χ0) is 13.0. The molecule has 0 radical (unpaired) electrons. The molecule has 2 N–H and O–H groups in total. The predicted molar refractivity (Wildman–Crippen MR) is 60.8 cm³/mol. The van der Waals surface area contributed by atoms with E-state index < -0.39 is 16.8 Å². The average Bonchev–Trinajstić information content (AvgIpc) is 2.28. The lowest BCUT2D eigenvalue weighted by atomic mass is 10.0. The van der Waals surface area contributed by atoms with Crippen molar-refractivity contribution in [3.63, 3.8) is 0 Å². The van der Waals surface area contributed by atoms with Gasteiger partial charge in [-0.25, -0.2) is 4.98 Å². The largest absolute Gasteiger partial charge is 0.481 e. The summed E-state index contributed by atoms with van der Waals surface area (Å²) in [5.74, 6) is -1.26. The van der Waals surface area contributed by atoms with Crippen LogP contribution in [-0.4, -0.2) is 27.0 Å². The topological polar surface area (TPSA) is 105 Å². The van der Waals surface area contributed by atoms with Gasteiger partial charge in [-0.2, -0.15) is 0 Å². The van der Waals surface area contributed by atoms with Crippen LogP contribution >= 0.6 is 0 Å². The minimum Gasteiger partial charge on any atom is -0.481 e. The summed E-state index contributed by atoms with van der Waals surface area (Å²) in [6, 6.07) is 2.17. The number of nitrogens with zero attached hydrogens (tertiary/aromatic N) is 2. The molecule has 1 aromatic heterocycles. The molecule has 1 heterocycles. The Morgan fingerprint density at radius 3 is 2.76 bits per heavy atom. The number of nitrogens with one attached hydrogen (secondary N) is 1. The molecule has 17 heavy (non-hydrogen) atoms. The lowest BCUT2D eigenvalue weighted by molar-refractivity contribution is -0.384. The molecule has 1 rings (SSSR count). The standard InChI is InChI=1S/C10H13N3O4/c1-6(10(14)15)7(2)12-9-5-8(13(16)17)3-4-11-9/h3-7H,1-2H3,(H,11,12)(H,14,15). The molecule has 2 unspecified atom stereocenters. The number of carboxylic acids is 1. The molecule has 1 aromatic rings. The van der Waals surface area contributed by atoms with E-state index in [0.29, 0.717) is 5.82 Å². The minimum absolute atomic E-state index is 0.0855. The highest BCUT2D eigenvalue weighted by molar-refractivity contribution is 5.71. The molecule has 0 amide bonds. The van der Waals surface area contributed by atoms with Crippen LogP contribution in [0, 0.1) is 16.0 Å². The van der Waals surface area contributed by atoms with Crippen LogP contribution in [-0.2, 0) is 4.79 Å². The van der Waals surface area contributed by atoms with Gasteiger partial charge in [-0.15, -0.1) is 0 Å². The van der Waals surface area contributed by atoms with Gasteiger partial charge in [0.05, 0.1) is 16.9 Å². The Morgan fingerprint density at radius 1 is 1.59 bits per heavy atom. The number of hydrogen-bond acceptors (Lipinski definition) is 5. The van der Waals surface area contributed by atoms with E-state index in [9.17, 15) is 14.9 Å². The van der Waals surface area contributed by atoms with Gasteiger partial charge in [-0.1, -0.05) is 0 Å². The van der Waals surface area contributed by atoms with Gasteiger partial charge in [0.25, 0.3) is 5.69 Å². The molecular formula is C10H13N3O4. The van der Waals surface area contributed by atoms with Crippen molar-refractivity contribution in [1.29, 1.82) is 0 Å². The molecule has 0 fully saturated rings. The smallest absolute Gasteiger partial charge is 0.308 e. The van der Waals surface area contributed by atoms with E-state index in [0.717, 1.165) is 0 Å². The summed E-state index contributed by atoms with van der Waals surface area (Å²) < 4.78 is 0. The maximum atomic E-state index is 10.7. The van der Waals surface area contributed by atoms with E-state index in [-0.39, 0.29) is 11.7 Å². The van der Waals surface area contributed by atoms with Crippen molar-refractivity contribution in [2.24, 2.45) is 5.92 Å².